The van der Waals surface area contributed by atoms with Crippen LogP contribution in [0.15, 0.2) is 18.2 Å². The molecule has 1 nitrogen and oxygen atoms in total. The Hall–Kier alpha value is -0.890. The van der Waals surface area contributed by atoms with Crippen molar-refractivity contribution in [3.8, 4) is 0 Å². The minimum absolute atomic E-state index is 0.103. The molecule has 0 aromatic heterocycles. The standard InChI is InChI=1S/C16H24FN/c1-4-18-16(13-6-5-11(2)9-13)14-7-8-15(17)12(3)10-14/h7-8,10-11,13,16,18H,4-6,9H2,1-3H3. The van der Waals surface area contributed by atoms with E-state index in [1.165, 1.54) is 24.8 Å². The smallest absolute Gasteiger partial charge is 0.126 e. The Kier molecular flexibility index (Phi) is 4.39. The van der Waals surface area contributed by atoms with Crippen LogP contribution in [-0.2, 0) is 0 Å². The molecule has 0 radical (unpaired) electrons. The second-order valence-corrected chi connectivity index (χ2v) is 5.72. The Balaban J connectivity index is 2.20. The lowest BCUT2D eigenvalue weighted by atomic mass is 9.90. The summed E-state index contributed by atoms with van der Waals surface area (Å²) in [6, 6.07) is 5.94. The molecule has 0 aliphatic heterocycles. The van der Waals surface area contributed by atoms with Crippen molar-refractivity contribution < 1.29 is 4.39 Å². The van der Waals surface area contributed by atoms with Crippen molar-refractivity contribution in [3.05, 3.63) is 35.1 Å². The van der Waals surface area contributed by atoms with Crippen LogP contribution in [0.2, 0.25) is 0 Å². The number of halogens is 1. The molecule has 3 unspecified atom stereocenters. The lowest BCUT2D eigenvalue weighted by molar-refractivity contribution is 0.364. The Morgan fingerprint density at radius 2 is 2.17 bits per heavy atom. The monoisotopic (exact) mass is 249 g/mol. The second kappa shape index (κ2) is 5.83. The molecule has 0 amide bonds. The quantitative estimate of drug-likeness (QED) is 0.842. The molecule has 100 valence electrons. The minimum atomic E-state index is -0.103. The van der Waals surface area contributed by atoms with Crippen molar-refractivity contribution >= 4 is 0 Å². The fraction of sp³-hybridized carbons (Fsp3) is 0.625. The van der Waals surface area contributed by atoms with Crippen LogP contribution in [0.5, 0.6) is 0 Å². The number of rotatable bonds is 4. The number of hydrogen-bond donors (Lipinski definition) is 1. The van der Waals surface area contributed by atoms with Gasteiger partial charge in [0.15, 0.2) is 0 Å². The molecular weight excluding hydrogens is 225 g/mol. The molecule has 1 fully saturated rings. The van der Waals surface area contributed by atoms with Gasteiger partial charge in [0.2, 0.25) is 0 Å². The van der Waals surface area contributed by atoms with Crippen molar-refractivity contribution in [1.82, 2.24) is 5.32 Å². The molecule has 0 heterocycles. The molecule has 0 spiro atoms. The van der Waals surface area contributed by atoms with E-state index in [2.05, 4.69) is 19.2 Å². The maximum absolute atomic E-state index is 13.4. The lowest BCUT2D eigenvalue weighted by Gasteiger charge is -2.25. The summed E-state index contributed by atoms with van der Waals surface area (Å²) in [4.78, 5) is 0. The van der Waals surface area contributed by atoms with Crippen LogP contribution in [-0.4, -0.2) is 6.54 Å². The zero-order valence-corrected chi connectivity index (χ0v) is 11.7. The van der Waals surface area contributed by atoms with E-state index >= 15 is 0 Å². The zero-order valence-electron chi connectivity index (χ0n) is 11.7. The molecule has 1 N–H and O–H groups in total. The fourth-order valence-electron chi connectivity index (χ4n) is 3.19. The summed E-state index contributed by atoms with van der Waals surface area (Å²) >= 11 is 0. The Bertz CT molecular complexity index is 402. The first-order valence-corrected chi connectivity index (χ1v) is 7.11. The molecule has 1 aromatic rings. The van der Waals surface area contributed by atoms with E-state index in [1.54, 1.807) is 6.07 Å². The van der Waals surface area contributed by atoms with E-state index in [0.29, 0.717) is 12.0 Å². The third-order valence-corrected chi connectivity index (χ3v) is 4.17. The average Bonchev–Trinajstić information content (AvgIpc) is 2.76. The first kappa shape index (κ1) is 13.5. The summed E-state index contributed by atoms with van der Waals surface area (Å²) in [6.07, 6.45) is 3.90. The van der Waals surface area contributed by atoms with Gasteiger partial charge in [-0.2, -0.15) is 0 Å². The highest BCUT2D eigenvalue weighted by atomic mass is 19.1. The fourth-order valence-corrected chi connectivity index (χ4v) is 3.19. The first-order valence-electron chi connectivity index (χ1n) is 7.11. The molecule has 0 saturated heterocycles. The average molecular weight is 249 g/mol. The number of benzene rings is 1. The van der Waals surface area contributed by atoms with Gasteiger partial charge in [0, 0.05) is 6.04 Å². The van der Waals surface area contributed by atoms with Gasteiger partial charge in [-0.05, 0) is 55.3 Å². The highest BCUT2D eigenvalue weighted by Crippen LogP contribution is 2.39. The van der Waals surface area contributed by atoms with Gasteiger partial charge >= 0.3 is 0 Å². The van der Waals surface area contributed by atoms with Gasteiger partial charge in [0.05, 0.1) is 0 Å². The van der Waals surface area contributed by atoms with Gasteiger partial charge in [-0.3, -0.25) is 0 Å². The zero-order chi connectivity index (χ0) is 13.1. The highest BCUT2D eigenvalue weighted by molar-refractivity contribution is 5.27. The summed E-state index contributed by atoms with van der Waals surface area (Å²) in [6.45, 7) is 7.28. The molecule has 18 heavy (non-hydrogen) atoms. The third kappa shape index (κ3) is 2.92. The summed E-state index contributed by atoms with van der Waals surface area (Å²) in [5, 5.41) is 3.59. The van der Waals surface area contributed by atoms with Crippen molar-refractivity contribution in [2.45, 2.75) is 46.1 Å². The van der Waals surface area contributed by atoms with Crippen LogP contribution in [0.25, 0.3) is 0 Å². The highest BCUT2D eigenvalue weighted by Gasteiger charge is 2.29. The van der Waals surface area contributed by atoms with Crippen LogP contribution in [0.3, 0.4) is 0 Å². The van der Waals surface area contributed by atoms with E-state index in [9.17, 15) is 4.39 Å². The molecule has 2 heteroatoms. The number of nitrogens with one attached hydrogen (secondary N) is 1. The second-order valence-electron chi connectivity index (χ2n) is 5.72. The molecule has 3 atom stereocenters. The molecule has 0 bridgehead atoms. The van der Waals surface area contributed by atoms with Crippen LogP contribution < -0.4 is 5.32 Å². The predicted octanol–water partition coefficient (Wildman–Crippen LogP) is 4.22. The first-order chi connectivity index (χ1) is 8.61. The summed E-state index contributed by atoms with van der Waals surface area (Å²) in [7, 11) is 0. The van der Waals surface area contributed by atoms with Crippen LogP contribution in [0.4, 0.5) is 4.39 Å². The summed E-state index contributed by atoms with van der Waals surface area (Å²) < 4.78 is 13.4. The van der Waals surface area contributed by atoms with Gasteiger partial charge < -0.3 is 5.32 Å². The molecular formula is C16H24FN. The Morgan fingerprint density at radius 1 is 1.39 bits per heavy atom. The molecule has 1 saturated carbocycles. The van der Waals surface area contributed by atoms with Crippen LogP contribution >= 0.6 is 0 Å². The minimum Gasteiger partial charge on any atom is -0.310 e. The number of aryl methyl sites for hydroxylation is 1. The number of hydrogen-bond acceptors (Lipinski definition) is 1. The molecule has 2 rings (SSSR count). The molecule has 1 aromatic carbocycles. The van der Waals surface area contributed by atoms with Crippen molar-refractivity contribution in [3.63, 3.8) is 0 Å². The van der Waals surface area contributed by atoms with E-state index in [4.69, 9.17) is 0 Å². The largest absolute Gasteiger partial charge is 0.310 e. The van der Waals surface area contributed by atoms with E-state index < -0.39 is 0 Å². The van der Waals surface area contributed by atoms with Crippen molar-refractivity contribution in [2.75, 3.05) is 6.54 Å². The lowest BCUT2D eigenvalue weighted by Crippen LogP contribution is -2.27. The van der Waals surface area contributed by atoms with E-state index in [0.717, 1.165) is 18.0 Å². The maximum atomic E-state index is 13.4. The maximum Gasteiger partial charge on any atom is 0.126 e. The molecule has 1 aliphatic carbocycles. The third-order valence-electron chi connectivity index (χ3n) is 4.17. The van der Waals surface area contributed by atoms with E-state index in [-0.39, 0.29) is 5.82 Å². The summed E-state index contributed by atoms with van der Waals surface area (Å²) in [5.41, 5.74) is 2.00. The van der Waals surface area contributed by atoms with Crippen molar-refractivity contribution in [1.29, 1.82) is 0 Å². The normalized spacial score (nSPS) is 25.3. The Morgan fingerprint density at radius 3 is 2.72 bits per heavy atom. The van der Waals surface area contributed by atoms with Gasteiger partial charge in [0.25, 0.3) is 0 Å². The Labute approximate surface area is 110 Å². The topological polar surface area (TPSA) is 12.0 Å². The summed E-state index contributed by atoms with van der Waals surface area (Å²) in [5.74, 6) is 1.43. The molecule has 1 aliphatic rings. The predicted molar refractivity (Wildman–Crippen MR) is 74.1 cm³/mol. The van der Waals surface area contributed by atoms with Gasteiger partial charge in [-0.15, -0.1) is 0 Å². The van der Waals surface area contributed by atoms with E-state index in [1.807, 2.05) is 19.1 Å². The van der Waals surface area contributed by atoms with Gasteiger partial charge in [0.1, 0.15) is 5.82 Å². The van der Waals surface area contributed by atoms with Gasteiger partial charge in [-0.25, -0.2) is 4.39 Å². The van der Waals surface area contributed by atoms with Crippen molar-refractivity contribution in [2.24, 2.45) is 11.8 Å². The van der Waals surface area contributed by atoms with Gasteiger partial charge in [-0.1, -0.05) is 32.4 Å². The van der Waals surface area contributed by atoms with Crippen LogP contribution in [0.1, 0.15) is 50.3 Å². The SMILES string of the molecule is CCNC(c1ccc(F)c(C)c1)C1CCC(C)C1. The van der Waals surface area contributed by atoms with Crippen LogP contribution in [0, 0.1) is 24.6 Å².